The van der Waals surface area contributed by atoms with Gasteiger partial charge in [-0.1, -0.05) is 41.3 Å². The van der Waals surface area contributed by atoms with Crippen LogP contribution in [0.15, 0.2) is 82.6 Å². The van der Waals surface area contributed by atoms with Crippen molar-refractivity contribution in [1.82, 2.24) is 4.57 Å². The summed E-state index contributed by atoms with van der Waals surface area (Å²) in [5.74, 6) is -3.27. The third-order valence-electron chi connectivity index (χ3n) is 7.27. The first-order valence-corrected chi connectivity index (χ1v) is 14.6. The number of ether oxygens (including phenoxy) is 1. The summed E-state index contributed by atoms with van der Waals surface area (Å²) >= 11 is 1.93. The molecule has 1 saturated heterocycles. The van der Waals surface area contributed by atoms with Gasteiger partial charge >= 0.3 is 4.87 Å². The number of thiazole rings is 1. The number of rotatable bonds is 7. The Bertz CT molecular complexity index is 1840. The number of thioether (sulfide) groups is 1. The van der Waals surface area contributed by atoms with E-state index in [0.717, 1.165) is 28.0 Å². The van der Waals surface area contributed by atoms with Gasteiger partial charge in [-0.05, 0) is 42.5 Å². The molecular formula is C29H21FN4O7S2. The van der Waals surface area contributed by atoms with Gasteiger partial charge in [-0.25, -0.2) is 9.29 Å². The Balaban J connectivity index is 1.42. The number of anilines is 2. The largest absolute Gasteiger partial charge is 0.496 e. The lowest BCUT2D eigenvalue weighted by molar-refractivity contribution is -0.384. The topological polar surface area (TPSA) is 141 Å². The number of fused-ring (bicyclic) bond motifs is 2. The van der Waals surface area contributed by atoms with Crippen LogP contribution in [0.25, 0.3) is 0 Å². The molecule has 0 bridgehead atoms. The molecule has 3 unspecified atom stereocenters. The molecule has 0 saturated carbocycles. The molecule has 6 rings (SSSR count). The average molecular weight is 621 g/mol. The highest BCUT2D eigenvalue weighted by molar-refractivity contribution is 8.00. The predicted molar refractivity (Wildman–Crippen MR) is 157 cm³/mol. The van der Waals surface area contributed by atoms with Crippen molar-refractivity contribution in [2.75, 3.05) is 17.3 Å². The molecule has 218 valence electrons. The van der Waals surface area contributed by atoms with Gasteiger partial charge in [0.2, 0.25) is 17.7 Å². The van der Waals surface area contributed by atoms with E-state index in [-0.39, 0.29) is 17.9 Å². The Morgan fingerprint density at radius 3 is 2.40 bits per heavy atom. The summed E-state index contributed by atoms with van der Waals surface area (Å²) < 4.78 is 20.2. The second kappa shape index (κ2) is 11.1. The minimum absolute atomic E-state index is 0.188. The van der Waals surface area contributed by atoms with Crippen molar-refractivity contribution in [2.24, 2.45) is 5.92 Å². The lowest BCUT2D eigenvalue weighted by Crippen LogP contribution is -2.33. The van der Waals surface area contributed by atoms with Crippen LogP contribution in [0.2, 0.25) is 0 Å². The Kier molecular flexibility index (Phi) is 7.31. The molecule has 3 amide bonds. The number of para-hydroxylation sites is 1. The summed E-state index contributed by atoms with van der Waals surface area (Å²) in [5, 5.41) is 13.2. The molecule has 4 aromatic rings. The second-order valence-electron chi connectivity index (χ2n) is 9.75. The van der Waals surface area contributed by atoms with Crippen LogP contribution in [0.1, 0.15) is 16.4 Å². The maximum absolute atomic E-state index is 14.0. The molecule has 1 N–H and O–H groups in total. The van der Waals surface area contributed by atoms with Gasteiger partial charge in [0.05, 0.1) is 28.7 Å². The molecule has 0 radical (unpaired) electrons. The summed E-state index contributed by atoms with van der Waals surface area (Å²) in [6.45, 7) is -0.376. The van der Waals surface area contributed by atoms with E-state index >= 15 is 0 Å². The molecule has 1 aromatic heterocycles. The molecule has 0 aliphatic carbocycles. The Morgan fingerprint density at radius 1 is 1.02 bits per heavy atom. The van der Waals surface area contributed by atoms with Gasteiger partial charge in [0.1, 0.15) is 23.4 Å². The van der Waals surface area contributed by atoms with Crippen molar-refractivity contribution in [3.8, 4) is 5.75 Å². The first-order valence-electron chi connectivity index (χ1n) is 12.9. The normalized spacial score (nSPS) is 19.1. The minimum atomic E-state index is -0.953. The number of non-ortho nitro benzene ring substituents is 1. The number of nitro groups is 1. The highest BCUT2D eigenvalue weighted by Gasteiger charge is 2.57. The number of benzene rings is 3. The number of carbonyl (C=O) groups is 3. The highest BCUT2D eigenvalue weighted by Crippen LogP contribution is 2.55. The standard InChI is InChI=1S/C29H21FN4O7S2/c1-41-20-5-3-2-4-19(20)22-23-24(27(37)33(26(23)36)17-10-12-18(13-11-17)34(39)40)42-28-25(22)43-29(38)32(28)14-21(35)31-16-8-6-15(30)7-9-16/h2-13,22-24H,14H2,1H3,(H,31,35). The fraction of sp³-hybridized carbons (Fsp3) is 0.172. The van der Waals surface area contributed by atoms with Crippen LogP contribution in [0.3, 0.4) is 0 Å². The summed E-state index contributed by atoms with van der Waals surface area (Å²) in [6.07, 6.45) is 0. The lowest BCUT2D eigenvalue weighted by Gasteiger charge is -2.31. The average Bonchev–Trinajstić information content (AvgIpc) is 3.44. The number of halogens is 1. The number of hydrogen-bond donors (Lipinski definition) is 1. The number of aromatic nitrogens is 1. The van der Waals surface area contributed by atoms with E-state index in [1.54, 1.807) is 24.3 Å². The van der Waals surface area contributed by atoms with E-state index in [2.05, 4.69) is 5.32 Å². The second-order valence-corrected chi connectivity index (χ2v) is 11.9. The van der Waals surface area contributed by atoms with Crippen LogP contribution in [0.5, 0.6) is 5.75 Å². The smallest absolute Gasteiger partial charge is 0.308 e. The molecule has 11 nitrogen and oxygen atoms in total. The Labute approximate surface area is 251 Å². The molecule has 3 atom stereocenters. The number of hydrogen-bond acceptors (Lipinski definition) is 9. The molecule has 2 aliphatic heterocycles. The van der Waals surface area contributed by atoms with Crippen molar-refractivity contribution < 1.29 is 28.4 Å². The van der Waals surface area contributed by atoms with E-state index in [4.69, 9.17) is 4.74 Å². The molecular weight excluding hydrogens is 599 g/mol. The summed E-state index contributed by atoms with van der Waals surface area (Å²) in [6, 6.07) is 17.3. The van der Waals surface area contributed by atoms with E-state index in [1.165, 1.54) is 60.2 Å². The summed E-state index contributed by atoms with van der Waals surface area (Å²) in [7, 11) is 1.48. The molecule has 14 heteroatoms. The number of imide groups is 1. The summed E-state index contributed by atoms with van der Waals surface area (Å²) in [4.78, 5) is 65.8. The molecule has 43 heavy (non-hydrogen) atoms. The van der Waals surface area contributed by atoms with Crippen molar-refractivity contribution in [1.29, 1.82) is 0 Å². The molecule has 1 fully saturated rings. The molecule has 3 aromatic carbocycles. The van der Waals surface area contributed by atoms with Crippen LogP contribution in [-0.2, 0) is 20.9 Å². The summed E-state index contributed by atoms with van der Waals surface area (Å²) in [5.41, 5.74) is 0.941. The quantitative estimate of drug-likeness (QED) is 0.182. The van der Waals surface area contributed by atoms with Crippen molar-refractivity contribution >= 4 is 57.9 Å². The SMILES string of the molecule is COc1ccccc1C1c2sc(=O)n(CC(=O)Nc3ccc(F)cc3)c2SC2C(=O)N(c3ccc([N+](=O)[O-])cc3)C(=O)C21. The van der Waals surface area contributed by atoms with E-state index in [0.29, 0.717) is 26.9 Å². The number of carbonyl (C=O) groups excluding carboxylic acids is 3. The third-order valence-corrected chi connectivity index (χ3v) is 9.88. The monoisotopic (exact) mass is 620 g/mol. The number of methoxy groups -OCH3 is 1. The van der Waals surface area contributed by atoms with E-state index in [1.807, 2.05) is 0 Å². The van der Waals surface area contributed by atoms with Gasteiger partial charge in [0.15, 0.2) is 0 Å². The molecule has 2 aliphatic rings. The van der Waals surface area contributed by atoms with Crippen LogP contribution >= 0.6 is 23.1 Å². The van der Waals surface area contributed by atoms with Crippen LogP contribution < -0.4 is 19.8 Å². The number of nitro benzene ring substituents is 1. The number of nitrogens with one attached hydrogen (secondary N) is 1. The fourth-order valence-electron chi connectivity index (χ4n) is 5.37. The van der Waals surface area contributed by atoms with Crippen molar-refractivity contribution in [2.45, 2.75) is 22.7 Å². The number of nitrogens with zero attached hydrogens (tertiary/aromatic N) is 3. The number of amides is 3. The fourth-order valence-corrected chi connectivity index (χ4v) is 8.13. The van der Waals surface area contributed by atoms with Crippen molar-refractivity contribution in [3.05, 3.63) is 109 Å². The van der Waals surface area contributed by atoms with Gasteiger partial charge < -0.3 is 10.1 Å². The zero-order chi connectivity index (χ0) is 30.4. The lowest BCUT2D eigenvalue weighted by atomic mass is 9.82. The molecule has 3 heterocycles. The maximum atomic E-state index is 14.0. The highest BCUT2D eigenvalue weighted by atomic mass is 32.2. The van der Waals surface area contributed by atoms with Gasteiger partial charge in [-0.15, -0.1) is 0 Å². The predicted octanol–water partition coefficient (Wildman–Crippen LogP) is 4.40. The van der Waals surface area contributed by atoms with Gasteiger partial charge in [-0.3, -0.25) is 33.9 Å². The zero-order valence-electron chi connectivity index (χ0n) is 22.3. The van der Waals surface area contributed by atoms with Crippen molar-refractivity contribution in [3.63, 3.8) is 0 Å². The van der Waals surface area contributed by atoms with Crippen LogP contribution in [-0.4, -0.2) is 39.6 Å². The van der Waals surface area contributed by atoms with Crippen LogP contribution in [0, 0.1) is 21.8 Å². The maximum Gasteiger partial charge on any atom is 0.308 e. The van der Waals surface area contributed by atoms with Crippen LogP contribution in [0.4, 0.5) is 21.5 Å². The van der Waals surface area contributed by atoms with Gasteiger partial charge in [0, 0.05) is 34.2 Å². The Hall–Kier alpha value is -4.82. The first-order chi connectivity index (χ1) is 20.7. The first kappa shape index (κ1) is 28.3. The third kappa shape index (κ3) is 4.97. The van der Waals surface area contributed by atoms with Gasteiger partial charge in [0.25, 0.3) is 5.69 Å². The molecule has 0 spiro atoms. The van der Waals surface area contributed by atoms with Gasteiger partial charge in [-0.2, -0.15) is 0 Å². The van der Waals surface area contributed by atoms with E-state index in [9.17, 15) is 33.7 Å². The zero-order valence-corrected chi connectivity index (χ0v) is 23.9. The minimum Gasteiger partial charge on any atom is -0.496 e. The van der Waals surface area contributed by atoms with E-state index < -0.39 is 50.4 Å². The Morgan fingerprint density at radius 2 is 1.72 bits per heavy atom.